The second kappa shape index (κ2) is 10.2. The zero-order valence-corrected chi connectivity index (χ0v) is 19.3. The molecule has 3 aromatic carbocycles. The van der Waals surface area contributed by atoms with E-state index in [-0.39, 0.29) is 17.7 Å². The van der Waals surface area contributed by atoms with Crippen LogP contribution < -0.4 is 10.6 Å². The van der Waals surface area contributed by atoms with Crippen molar-refractivity contribution in [2.24, 2.45) is 0 Å². The lowest BCUT2D eigenvalue weighted by Crippen LogP contribution is -2.50. The van der Waals surface area contributed by atoms with Crippen molar-refractivity contribution < 1.29 is 22.4 Å². The number of carbonyl (C=O) groups is 1. The summed E-state index contributed by atoms with van der Waals surface area (Å²) in [4.78, 5) is 17.8. The molecule has 1 aromatic heterocycles. The molecule has 0 saturated heterocycles. The summed E-state index contributed by atoms with van der Waals surface area (Å²) in [6.45, 7) is 1.76. The Morgan fingerprint density at radius 2 is 1.53 bits per heavy atom. The predicted molar refractivity (Wildman–Crippen MR) is 130 cm³/mol. The molecule has 0 fully saturated rings. The van der Waals surface area contributed by atoms with Crippen molar-refractivity contribution in [3.05, 3.63) is 131 Å². The van der Waals surface area contributed by atoms with Crippen LogP contribution in [-0.2, 0) is 18.1 Å². The van der Waals surface area contributed by atoms with E-state index in [1.54, 1.807) is 25.1 Å². The van der Waals surface area contributed by atoms with Gasteiger partial charge in [0.1, 0.15) is 11.4 Å². The lowest BCUT2D eigenvalue weighted by Gasteiger charge is -2.36. The molecule has 0 bridgehead atoms. The number of nitrogens with one attached hydrogen (secondary N) is 2. The van der Waals surface area contributed by atoms with E-state index >= 15 is 0 Å². The third-order valence-electron chi connectivity index (χ3n) is 5.73. The zero-order chi connectivity index (χ0) is 25.8. The fraction of sp³-hybridized carbons (Fsp3) is 0.143. The van der Waals surface area contributed by atoms with E-state index in [0.29, 0.717) is 11.4 Å². The summed E-state index contributed by atoms with van der Waals surface area (Å²) >= 11 is 0. The number of nitrogens with zero attached hydrogens (tertiary/aromatic N) is 1. The van der Waals surface area contributed by atoms with Gasteiger partial charge in [-0.05, 0) is 60.5 Å². The number of carbonyl (C=O) groups excluding carboxylic acids is 1. The Bertz CT molecular complexity index is 1360. The van der Waals surface area contributed by atoms with E-state index in [9.17, 15) is 22.4 Å². The quantitative estimate of drug-likeness (QED) is 0.289. The minimum Gasteiger partial charge on any atom is -0.322 e. The van der Waals surface area contributed by atoms with Crippen molar-refractivity contribution in [1.29, 1.82) is 0 Å². The van der Waals surface area contributed by atoms with Crippen molar-refractivity contribution in [2.75, 3.05) is 5.32 Å². The molecule has 1 unspecified atom stereocenters. The van der Waals surface area contributed by atoms with Gasteiger partial charge < -0.3 is 10.6 Å². The highest BCUT2D eigenvalue weighted by Gasteiger charge is 2.40. The summed E-state index contributed by atoms with van der Waals surface area (Å²) in [5.41, 5.74) is -0.173. The number of halogens is 4. The minimum absolute atomic E-state index is 0.113. The molecule has 0 aliphatic heterocycles. The summed E-state index contributed by atoms with van der Waals surface area (Å²) in [7, 11) is 0. The first-order valence-electron chi connectivity index (χ1n) is 11.2. The Kier molecular flexibility index (Phi) is 7.05. The second-order valence-corrected chi connectivity index (χ2v) is 8.40. The SMILES string of the molecule is Cc1cccc(C(Cc2ccccc2)(NC(=O)Nc2cccc(F)c2)c2cccc(C(F)(F)F)c2)n1. The Balaban J connectivity index is 1.88. The van der Waals surface area contributed by atoms with Gasteiger partial charge in [-0.25, -0.2) is 9.18 Å². The molecule has 184 valence electrons. The Morgan fingerprint density at radius 3 is 2.22 bits per heavy atom. The summed E-state index contributed by atoms with van der Waals surface area (Å²) in [6, 6.07) is 23.7. The molecule has 4 aromatic rings. The third-order valence-corrected chi connectivity index (χ3v) is 5.73. The first-order chi connectivity index (χ1) is 17.2. The highest BCUT2D eigenvalue weighted by atomic mass is 19.4. The highest BCUT2D eigenvalue weighted by molar-refractivity contribution is 5.90. The van der Waals surface area contributed by atoms with Gasteiger partial charge in [0.05, 0.1) is 11.3 Å². The van der Waals surface area contributed by atoms with Crippen LogP contribution in [-0.4, -0.2) is 11.0 Å². The predicted octanol–water partition coefficient (Wildman–Crippen LogP) is 6.86. The Morgan fingerprint density at radius 1 is 0.833 bits per heavy atom. The van der Waals surface area contributed by atoms with Crippen LogP contribution in [0.15, 0.2) is 97.1 Å². The van der Waals surface area contributed by atoms with E-state index in [1.165, 1.54) is 30.3 Å². The van der Waals surface area contributed by atoms with E-state index in [4.69, 9.17) is 0 Å². The normalized spacial score (nSPS) is 13.0. The molecule has 0 saturated carbocycles. The van der Waals surface area contributed by atoms with Crippen molar-refractivity contribution in [3.63, 3.8) is 0 Å². The maximum absolute atomic E-state index is 13.7. The molecule has 36 heavy (non-hydrogen) atoms. The summed E-state index contributed by atoms with van der Waals surface area (Å²) in [5.74, 6) is -0.540. The monoisotopic (exact) mass is 493 g/mol. The number of anilines is 1. The van der Waals surface area contributed by atoms with Gasteiger partial charge in [-0.15, -0.1) is 0 Å². The van der Waals surface area contributed by atoms with Crippen LogP contribution >= 0.6 is 0 Å². The average Bonchev–Trinajstić information content (AvgIpc) is 2.84. The average molecular weight is 494 g/mol. The zero-order valence-electron chi connectivity index (χ0n) is 19.3. The lowest BCUT2D eigenvalue weighted by atomic mass is 9.80. The van der Waals surface area contributed by atoms with E-state index in [1.807, 2.05) is 30.3 Å². The van der Waals surface area contributed by atoms with Crippen LogP contribution in [0.1, 0.15) is 28.1 Å². The number of rotatable bonds is 6. The molecule has 0 radical (unpaired) electrons. The van der Waals surface area contributed by atoms with Crippen molar-refractivity contribution in [2.45, 2.75) is 25.1 Å². The summed E-state index contributed by atoms with van der Waals surface area (Å²) in [6.07, 6.45) is -4.47. The second-order valence-electron chi connectivity index (χ2n) is 8.40. The maximum atomic E-state index is 13.7. The first kappa shape index (κ1) is 24.9. The molecule has 4 nitrogen and oxygen atoms in total. The van der Waals surface area contributed by atoms with Crippen molar-refractivity contribution in [1.82, 2.24) is 10.3 Å². The maximum Gasteiger partial charge on any atom is 0.416 e. The number of aromatic nitrogens is 1. The molecule has 2 amide bonds. The number of hydrogen-bond acceptors (Lipinski definition) is 2. The Labute approximate surface area is 206 Å². The molecule has 1 atom stereocenters. The summed E-state index contributed by atoms with van der Waals surface area (Å²) in [5, 5.41) is 5.47. The number of benzene rings is 3. The standard InChI is InChI=1S/C28H23F4N3O/c1-19-8-5-15-25(33-19)27(18-20-9-3-2-4-10-20,21-11-6-12-22(16-21)28(30,31)32)35-26(36)34-24-14-7-13-23(29)17-24/h2-17H,18H2,1H3,(H2,34,35,36). The number of amides is 2. The van der Waals surface area contributed by atoms with Crippen LogP contribution in [0.4, 0.5) is 28.0 Å². The molecular formula is C28H23F4N3O. The molecular weight excluding hydrogens is 470 g/mol. The number of hydrogen-bond donors (Lipinski definition) is 2. The number of alkyl halides is 3. The number of aryl methyl sites for hydroxylation is 1. The molecule has 2 N–H and O–H groups in total. The van der Waals surface area contributed by atoms with Gasteiger partial charge in [-0.3, -0.25) is 4.98 Å². The van der Waals surface area contributed by atoms with E-state index in [0.717, 1.165) is 23.8 Å². The highest BCUT2D eigenvalue weighted by Crippen LogP contribution is 2.37. The van der Waals surface area contributed by atoms with Crippen LogP contribution in [0.25, 0.3) is 0 Å². The van der Waals surface area contributed by atoms with Crippen LogP contribution in [0.3, 0.4) is 0 Å². The van der Waals surface area contributed by atoms with E-state index < -0.39 is 29.1 Å². The van der Waals surface area contributed by atoms with Gasteiger partial charge in [0.15, 0.2) is 0 Å². The van der Waals surface area contributed by atoms with Gasteiger partial charge in [-0.2, -0.15) is 13.2 Å². The van der Waals surface area contributed by atoms with Gasteiger partial charge in [-0.1, -0.05) is 54.6 Å². The number of pyridine rings is 1. The molecule has 0 spiro atoms. The Hall–Kier alpha value is -4.20. The largest absolute Gasteiger partial charge is 0.416 e. The lowest BCUT2D eigenvalue weighted by molar-refractivity contribution is -0.137. The molecule has 0 aliphatic carbocycles. The van der Waals surface area contributed by atoms with Crippen LogP contribution in [0.2, 0.25) is 0 Å². The van der Waals surface area contributed by atoms with Crippen molar-refractivity contribution in [3.8, 4) is 0 Å². The third kappa shape index (κ3) is 5.71. The topological polar surface area (TPSA) is 54.0 Å². The fourth-order valence-corrected chi connectivity index (χ4v) is 4.09. The smallest absolute Gasteiger partial charge is 0.322 e. The van der Waals surface area contributed by atoms with Gasteiger partial charge in [0.2, 0.25) is 0 Å². The molecule has 0 aliphatic rings. The summed E-state index contributed by atoms with van der Waals surface area (Å²) < 4.78 is 54.7. The molecule has 1 heterocycles. The van der Waals surface area contributed by atoms with Gasteiger partial charge >= 0.3 is 12.2 Å². The van der Waals surface area contributed by atoms with E-state index in [2.05, 4.69) is 15.6 Å². The fourth-order valence-electron chi connectivity index (χ4n) is 4.09. The van der Waals surface area contributed by atoms with Gasteiger partial charge in [0, 0.05) is 17.8 Å². The van der Waals surface area contributed by atoms with Crippen molar-refractivity contribution >= 4 is 11.7 Å². The van der Waals surface area contributed by atoms with Gasteiger partial charge in [0.25, 0.3) is 0 Å². The minimum atomic E-state index is -4.58. The van der Waals surface area contributed by atoms with Crippen LogP contribution in [0.5, 0.6) is 0 Å². The van der Waals surface area contributed by atoms with Crippen LogP contribution in [0, 0.1) is 12.7 Å². The molecule has 4 rings (SSSR count). The number of urea groups is 1. The molecule has 8 heteroatoms. The first-order valence-corrected chi connectivity index (χ1v) is 11.2.